The number of urea groups is 1. The highest BCUT2D eigenvalue weighted by Gasteiger charge is 2.51. The van der Waals surface area contributed by atoms with Gasteiger partial charge in [-0.05, 0) is 33.6 Å². The smallest absolute Gasteiger partial charge is 0.323 e. The lowest BCUT2D eigenvalue weighted by Gasteiger charge is -2.30. The van der Waals surface area contributed by atoms with Crippen molar-refractivity contribution >= 4 is 23.7 Å². The SMILES string of the molecule is CC(C)(C)c1cc(NC(=O)CCN2C(=O)NC3(CCCCC3)C2=O)n(C(C)(C)C)n1. The molecule has 2 fully saturated rings. The third-order valence-corrected chi connectivity index (χ3v) is 5.90. The molecule has 1 saturated heterocycles. The maximum atomic E-state index is 12.9. The maximum Gasteiger partial charge on any atom is 0.325 e. The molecule has 1 aromatic heterocycles. The summed E-state index contributed by atoms with van der Waals surface area (Å²) < 4.78 is 1.82. The number of aromatic nitrogens is 2. The molecule has 0 atom stereocenters. The van der Waals surface area contributed by atoms with Crippen LogP contribution >= 0.6 is 0 Å². The minimum Gasteiger partial charge on any atom is -0.323 e. The molecular formula is C22H35N5O3. The van der Waals surface area contributed by atoms with E-state index >= 15 is 0 Å². The summed E-state index contributed by atoms with van der Waals surface area (Å²) in [5.41, 5.74) is -0.312. The maximum absolute atomic E-state index is 12.9. The summed E-state index contributed by atoms with van der Waals surface area (Å²) in [7, 11) is 0. The van der Waals surface area contributed by atoms with Crippen molar-refractivity contribution in [2.45, 2.75) is 96.6 Å². The zero-order valence-electron chi connectivity index (χ0n) is 19.1. The van der Waals surface area contributed by atoms with Crippen molar-refractivity contribution in [3.63, 3.8) is 0 Å². The molecule has 8 heteroatoms. The molecule has 2 aliphatic rings. The molecule has 0 radical (unpaired) electrons. The highest BCUT2D eigenvalue weighted by atomic mass is 16.2. The zero-order chi connectivity index (χ0) is 22.3. The molecule has 0 aromatic carbocycles. The van der Waals surface area contributed by atoms with Crippen LogP contribution in [0.3, 0.4) is 0 Å². The van der Waals surface area contributed by atoms with Crippen molar-refractivity contribution in [2.24, 2.45) is 0 Å². The molecule has 1 aliphatic carbocycles. The van der Waals surface area contributed by atoms with Crippen LogP contribution in [-0.2, 0) is 20.5 Å². The number of amides is 4. The van der Waals surface area contributed by atoms with Crippen LogP contribution in [0.15, 0.2) is 6.07 Å². The second kappa shape index (κ2) is 7.71. The molecule has 166 valence electrons. The number of anilines is 1. The first-order valence-electron chi connectivity index (χ1n) is 10.9. The van der Waals surface area contributed by atoms with Crippen LogP contribution in [0.1, 0.15) is 85.8 Å². The first-order valence-corrected chi connectivity index (χ1v) is 10.9. The molecule has 1 aliphatic heterocycles. The van der Waals surface area contributed by atoms with Gasteiger partial charge in [-0.1, -0.05) is 40.0 Å². The minimum atomic E-state index is -0.752. The van der Waals surface area contributed by atoms with Gasteiger partial charge in [-0.2, -0.15) is 5.10 Å². The van der Waals surface area contributed by atoms with Gasteiger partial charge in [-0.25, -0.2) is 9.48 Å². The van der Waals surface area contributed by atoms with E-state index in [1.165, 1.54) is 4.90 Å². The minimum absolute atomic E-state index is 0.0510. The van der Waals surface area contributed by atoms with Gasteiger partial charge in [0.25, 0.3) is 5.91 Å². The largest absolute Gasteiger partial charge is 0.325 e. The van der Waals surface area contributed by atoms with Gasteiger partial charge in [0.2, 0.25) is 5.91 Å². The van der Waals surface area contributed by atoms with Crippen molar-refractivity contribution in [2.75, 3.05) is 11.9 Å². The fourth-order valence-electron chi connectivity index (χ4n) is 4.14. The summed E-state index contributed by atoms with van der Waals surface area (Å²) in [6.07, 6.45) is 4.38. The summed E-state index contributed by atoms with van der Waals surface area (Å²) in [6.45, 7) is 12.4. The molecule has 2 N–H and O–H groups in total. The average molecular weight is 418 g/mol. The summed E-state index contributed by atoms with van der Waals surface area (Å²) in [5, 5.41) is 10.5. The van der Waals surface area contributed by atoms with Gasteiger partial charge < -0.3 is 10.6 Å². The van der Waals surface area contributed by atoms with Crippen molar-refractivity contribution in [3.8, 4) is 0 Å². The first kappa shape index (κ1) is 22.3. The topological polar surface area (TPSA) is 96.3 Å². The second-order valence-electron chi connectivity index (χ2n) is 10.6. The molecule has 8 nitrogen and oxygen atoms in total. The Balaban J connectivity index is 1.67. The molecular weight excluding hydrogens is 382 g/mol. The molecule has 1 saturated carbocycles. The van der Waals surface area contributed by atoms with Crippen LogP contribution in [0.4, 0.5) is 10.6 Å². The Morgan fingerprint density at radius 1 is 1.13 bits per heavy atom. The molecule has 1 aromatic rings. The number of carbonyl (C=O) groups is 3. The van der Waals surface area contributed by atoms with Gasteiger partial charge >= 0.3 is 6.03 Å². The van der Waals surface area contributed by atoms with E-state index in [4.69, 9.17) is 5.10 Å². The van der Waals surface area contributed by atoms with Crippen LogP contribution in [0.25, 0.3) is 0 Å². The number of imide groups is 1. The van der Waals surface area contributed by atoms with E-state index < -0.39 is 5.54 Å². The fraction of sp³-hybridized carbons (Fsp3) is 0.727. The Bertz CT molecular complexity index is 838. The van der Waals surface area contributed by atoms with Crippen molar-refractivity contribution in [3.05, 3.63) is 11.8 Å². The summed E-state index contributed by atoms with van der Waals surface area (Å²) in [5.74, 6) is 0.194. The predicted octanol–water partition coefficient (Wildman–Crippen LogP) is 3.52. The summed E-state index contributed by atoms with van der Waals surface area (Å²) in [6, 6.07) is 1.51. The predicted molar refractivity (Wildman–Crippen MR) is 115 cm³/mol. The number of nitrogens with one attached hydrogen (secondary N) is 2. The molecule has 1 spiro atoms. The molecule has 2 heterocycles. The fourth-order valence-corrected chi connectivity index (χ4v) is 4.14. The van der Waals surface area contributed by atoms with Crippen molar-refractivity contribution in [1.82, 2.24) is 20.0 Å². The molecule has 30 heavy (non-hydrogen) atoms. The lowest BCUT2D eigenvalue weighted by atomic mass is 9.82. The van der Waals surface area contributed by atoms with Gasteiger partial charge in [0, 0.05) is 24.4 Å². The standard InChI is InChI=1S/C22H35N5O3/c1-20(2,3)15-14-16(27(25-15)21(4,5)6)23-17(28)10-13-26-18(29)22(24-19(26)30)11-8-7-9-12-22/h14H,7-13H2,1-6H3,(H,23,28)(H,24,30). The monoisotopic (exact) mass is 417 g/mol. The van der Waals surface area contributed by atoms with Gasteiger partial charge in [-0.3, -0.25) is 14.5 Å². The van der Waals surface area contributed by atoms with Gasteiger partial charge in [-0.15, -0.1) is 0 Å². The second-order valence-corrected chi connectivity index (χ2v) is 10.6. The van der Waals surface area contributed by atoms with Crippen LogP contribution in [0.2, 0.25) is 0 Å². The van der Waals surface area contributed by atoms with Crippen LogP contribution in [-0.4, -0.2) is 44.6 Å². The Kier molecular flexibility index (Phi) is 5.73. The van der Waals surface area contributed by atoms with E-state index in [1.807, 2.05) is 31.5 Å². The number of nitrogens with zero attached hydrogens (tertiary/aromatic N) is 3. The van der Waals surface area contributed by atoms with Crippen molar-refractivity contribution < 1.29 is 14.4 Å². The lowest BCUT2D eigenvalue weighted by molar-refractivity contribution is -0.132. The van der Waals surface area contributed by atoms with E-state index in [0.29, 0.717) is 18.7 Å². The molecule has 0 bridgehead atoms. The quantitative estimate of drug-likeness (QED) is 0.733. The van der Waals surface area contributed by atoms with Crippen LogP contribution < -0.4 is 10.6 Å². The number of hydrogen-bond donors (Lipinski definition) is 2. The van der Waals surface area contributed by atoms with Gasteiger partial charge in [0.1, 0.15) is 11.4 Å². The van der Waals surface area contributed by atoms with Gasteiger partial charge in [0.05, 0.1) is 11.2 Å². The van der Waals surface area contributed by atoms with Crippen molar-refractivity contribution in [1.29, 1.82) is 0 Å². The number of hydrogen-bond acceptors (Lipinski definition) is 4. The number of carbonyl (C=O) groups excluding carboxylic acids is 3. The van der Waals surface area contributed by atoms with E-state index in [1.54, 1.807) is 0 Å². The molecule has 3 rings (SSSR count). The van der Waals surface area contributed by atoms with E-state index in [2.05, 4.69) is 31.4 Å². The number of rotatable bonds is 4. The Morgan fingerprint density at radius 2 is 1.77 bits per heavy atom. The lowest BCUT2D eigenvalue weighted by Crippen LogP contribution is -2.48. The molecule has 4 amide bonds. The van der Waals surface area contributed by atoms with E-state index in [0.717, 1.165) is 25.0 Å². The third-order valence-electron chi connectivity index (χ3n) is 5.90. The highest BCUT2D eigenvalue weighted by molar-refractivity contribution is 6.07. The Morgan fingerprint density at radius 3 is 2.33 bits per heavy atom. The Hall–Kier alpha value is -2.38. The average Bonchev–Trinajstić information content (AvgIpc) is 3.15. The van der Waals surface area contributed by atoms with Crippen LogP contribution in [0.5, 0.6) is 0 Å². The van der Waals surface area contributed by atoms with E-state index in [9.17, 15) is 14.4 Å². The molecule has 0 unspecified atom stereocenters. The zero-order valence-corrected chi connectivity index (χ0v) is 19.1. The Labute approximate surface area is 178 Å². The highest BCUT2D eigenvalue weighted by Crippen LogP contribution is 2.34. The van der Waals surface area contributed by atoms with Gasteiger partial charge in [0.15, 0.2) is 0 Å². The third kappa shape index (κ3) is 4.37. The van der Waals surface area contributed by atoms with E-state index in [-0.39, 0.29) is 41.8 Å². The summed E-state index contributed by atoms with van der Waals surface area (Å²) in [4.78, 5) is 39.1. The van der Waals surface area contributed by atoms with Crippen LogP contribution in [0, 0.1) is 0 Å². The summed E-state index contributed by atoms with van der Waals surface area (Å²) >= 11 is 0. The first-order chi connectivity index (χ1) is 13.8. The normalized spacial score (nSPS) is 19.3.